The molecule has 0 saturated carbocycles. The van der Waals surface area contributed by atoms with E-state index in [1.165, 1.54) is 11.3 Å². The van der Waals surface area contributed by atoms with Crippen LogP contribution in [0.2, 0.25) is 0 Å². The van der Waals surface area contributed by atoms with Crippen molar-refractivity contribution in [3.8, 4) is 16.3 Å². The predicted molar refractivity (Wildman–Crippen MR) is 93.6 cm³/mol. The molecule has 7 heteroatoms. The fourth-order valence-corrected chi connectivity index (χ4v) is 2.84. The topological polar surface area (TPSA) is 64.1 Å². The maximum Gasteiger partial charge on any atom is 0.264 e. The maximum atomic E-state index is 11.9. The van der Waals surface area contributed by atoms with Gasteiger partial charge in [-0.3, -0.25) is 10.1 Å². The van der Waals surface area contributed by atoms with Gasteiger partial charge in [-0.15, -0.1) is 10.2 Å². The average molecular weight is 390 g/mol. The number of aromatic nitrogens is 2. The summed E-state index contributed by atoms with van der Waals surface area (Å²) in [6, 6.07) is 17.0. The summed E-state index contributed by atoms with van der Waals surface area (Å²) in [6.45, 7) is -0.0815. The van der Waals surface area contributed by atoms with E-state index in [4.69, 9.17) is 4.74 Å². The van der Waals surface area contributed by atoms with Crippen LogP contribution in [-0.4, -0.2) is 22.7 Å². The lowest BCUT2D eigenvalue weighted by Gasteiger charge is -2.05. The normalized spacial score (nSPS) is 10.3. The zero-order valence-electron chi connectivity index (χ0n) is 11.9. The lowest BCUT2D eigenvalue weighted by atomic mass is 10.2. The number of nitrogens with one attached hydrogen (secondary N) is 1. The van der Waals surface area contributed by atoms with Gasteiger partial charge in [-0.1, -0.05) is 57.6 Å². The molecule has 0 aliphatic heterocycles. The number of hydrogen-bond acceptors (Lipinski definition) is 5. The largest absolute Gasteiger partial charge is 0.484 e. The number of amides is 1. The van der Waals surface area contributed by atoms with Gasteiger partial charge in [0.05, 0.1) is 0 Å². The minimum absolute atomic E-state index is 0.0815. The number of carbonyl (C=O) groups excluding carboxylic acids is 1. The molecule has 0 aliphatic carbocycles. The van der Waals surface area contributed by atoms with E-state index in [2.05, 4.69) is 31.4 Å². The van der Waals surface area contributed by atoms with E-state index in [1.54, 1.807) is 12.1 Å². The quantitative estimate of drug-likeness (QED) is 0.716. The van der Waals surface area contributed by atoms with Crippen LogP contribution in [-0.2, 0) is 4.79 Å². The van der Waals surface area contributed by atoms with Crippen molar-refractivity contribution in [1.82, 2.24) is 10.2 Å². The molecule has 5 nitrogen and oxygen atoms in total. The third-order valence-electron chi connectivity index (χ3n) is 2.88. The summed E-state index contributed by atoms with van der Waals surface area (Å²) in [5.74, 6) is 0.356. The van der Waals surface area contributed by atoms with Crippen LogP contribution in [0.25, 0.3) is 10.6 Å². The fourth-order valence-electron chi connectivity index (χ4n) is 1.81. The summed E-state index contributed by atoms with van der Waals surface area (Å²) >= 11 is 4.66. The van der Waals surface area contributed by atoms with E-state index in [-0.39, 0.29) is 12.5 Å². The second-order valence-electron chi connectivity index (χ2n) is 4.57. The van der Waals surface area contributed by atoms with Gasteiger partial charge in [0.1, 0.15) is 10.8 Å². The highest BCUT2D eigenvalue weighted by molar-refractivity contribution is 9.10. The highest BCUT2D eigenvalue weighted by Crippen LogP contribution is 2.25. The molecule has 116 valence electrons. The molecule has 0 bridgehead atoms. The van der Waals surface area contributed by atoms with Crippen LogP contribution < -0.4 is 10.1 Å². The first-order chi connectivity index (χ1) is 11.2. The van der Waals surface area contributed by atoms with Gasteiger partial charge in [-0.2, -0.15) is 0 Å². The number of hydrogen-bond donors (Lipinski definition) is 1. The molecule has 1 aromatic heterocycles. The zero-order chi connectivity index (χ0) is 16.1. The second kappa shape index (κ2) is 7.34. The molecule has 0 spiro atoms. The van der Waals surface area contributed by atoms with Crippen LogP contribution in [0.4, 0.5) is 5.13 Å². The van der Waals surface area contributed by atoms with Gasteiger partial charge in [0, 0.05) is 10.0 Å². The molecule has 0 saturated heterocycles. The van der Waals surface area contributed by atoms with Crippen molar-refractivity contribution in [2.45, 2.75) is 0 Å². The molecule has 0 radical (unpaired) electrons. The molecule has 2 aromatic carbocycles. The van der Waals surface area contributed by atoms with E-state index in [0.717, 1.165) is 15.0 Å². The van der Waals surface area contributed by atoms with Gasteiger partial charge in [0.15, 0.2) is 6.61 Å². The third-order valence-corrected chi connectivity index (χ3v) is 4.29. The number of anilines is 1. The molecule has 1 N–H and O–H groups in total. The zero-order valence-corrected chi connectivity index (χ0v) is 14.3. The van der Waals surface area contributed by atoms with Gasteiger partial charge in [-0.05, 0) is 24.3 Å². The number of rotatable bonds is 5. The molecule has 0 atom stereocenters. The summed E-state index contributed by atoms with van der Waals surface area (Å²) in [7, 11) is 0. The Labute approximate surface area is 145 Å². The Bertz CT molecular complexity index is 791. The van der Waals surface area contributed by atoms with E-state index >= 15 is 0 Å². The predicted octanol–water partition coefficient (Wildman–Crippen LogP) is 3.99. The van der Waals surface area contributed by atoms with Gasteiger partial charge in [0.25, 0.3) is 5.91 Å². The lowest BCUT2D eigenvalue weighted by Crippen LogP contribution is -2.20. The van der Waals surface area contributed by atoms with E-state index in [0.29, 0.717) is 10.9 Å². The maximum absolute atomic E-state index is 11.9. The van der Waals surface area contributed by atoms with Crippen LogP contribution in [0.5, 0.6) is 5.75 Å². The molecule has 0 unspecified atom stereocenters. The number of carbonyl (C=O) groups is 1. The minimum Gasteiger partial charge on any atom is -0.484 e. The SMILES string of the molecule is O=C(COc1ccc(Br)cc1)Nc1nnc(-c2ccccc2)s1. The minimum atomic E-state index is -0.274. The molecular weight excluding hydrogens is 378 g/mol. The highest BCUT2D eigenvalue weighted by atomic mass is 79.9. The van der Waals surface area contributed by atoms with Crippen molar-refractivity contribution in [2.24, 2.45) is 0 Å². The second-order valence-corrected chi connectivity index (χ2v) is 6.46. The first kappa shape index (κ1) is 15.6. The van der Waals surface area contributed by atoms with Crippen LogP contribution in [0.15, 0.2) is 59.1 Å². The van der Waals surface area contributed by atoms with E-state index < -0.39 is 0 Å². The van der Waals surface area contributed by atoms with Crippen LogP contribution in [0, 0.1) is 0 Å². The summed E-state index contributed by atoms with van der Waals surface area (Å²) in [4.78, 5) is 11.9. The highest BCUT2D eigenvalue weighted by Gasteiger charge is 2.10. The van der Waals surface area contributed by atoms with E-state index in [1.807, 2.05) is 42.5 Å². The molecule has 1 amide bonds. The Morgan fingerprint density at radius 1 is 1.09 bits per heavy atom. The molecule has 0 aliphatic rings. The standard InChI is InChI=1S/C16H12BrN3O2S/c17-12-6-8-13(9-7-12)22-10-14(21)18-16-20-19-15(23-16)11-4-2-1-3-5-11/h1-9H,10H2,(H,18,20,21). The third kappa shape index (κ3) is 4.37. The van der Waals surface area contributed by atoms with Gasteiger partial charge >= 0.3 is 0 Å². The van der Waals surface area contributed by atoms with Crippen molar-refractivity contribution in [3.05, 3.63) is 59.1 Å². The lowest BCUT2D eigenvalue weighted by molar-refractivity contribution is -0.118. The van der Waals surface area contributed by atoms with Crippen molar-refractivity contribution >= 4 is 38.3 Å². The number of nitrogens with zero attached hydrogens (tertiary/aromatic N) is 2. The molecule has 3 rings (SSSR count). The number of benzene rings is 2. The first-order valence-corrected chi connectivity index (χ1v) is 8.39. The Hall–Kier alpha value is -2.25. The Balaban J connectivity index is 1.56. The fraction of sp³-hybridized carbons (Fsp3) is 0.0625. The molecule has 23 heavy (non-hydrogen) atoms. The summed E-state index contributed by atoms with van der Waals surface area (Å²) in [5, 5.41) is 11.9. The monoisotopic (exact) mass is 389 g/mol. The van der Waals surface area contributed by atoms with Crippen molar-refractivity contribution in [3.63, 3.8) is 0 Å². The Kier molecular flexibility index (Phi) is 4.99. The van der Waals surface area contributed by atoms with Gasteiger partial charge in [0.2, 0.25) is 5.13 Å². The molecule has 3 aromatic rings. The van der Waals surface area contributed by atoms with Crippen molar-refractivity contribution < 1.29 is 9.53 Å². The van der Waals surface area contributed by atoms with E-state index in [9.17, 15) is 4.79 Å². The summed E-state index contributed by atoms with van der Waals surface area (Å²) < 4.78 is 6.37. The van der Waals surface area contributed by atoms with Crippen LogP contribution in [0.3, 0.4) is 0 Å². The summed E-state index contributed by atoms with van der Waals surface area (Å²) in [6.07, 6.45) is 0. The molecular formula is C16H12BrN3O2S. The first-order valence-electron chi connectivity index (χ1n) is 6.78. The van der Waals surface area contributed by atoms with Crippen molar-refractivity contribution in [1.29, 1.82) is 0 Å². The van der Waals surface area contributed by atoms with Gasteiger partial charge < -0.3 is 4.74 Å². The smallest absolute Gasteiger partial charge is 0.264 e. The number of halogens is 1. The van der Waals surface area contributed by atoms with Crippen LogP contribution in [0.1, 0.15) is 0 Å². The van der Waals surface area contributed by atoms with Crippen LogP contribution >= 0.6 is 27.3 Å². The summed E-state index contributed by atoms with van der Waals surface area (Å²) in [5.41, 5.74) is 0.969. The molecule has 1 heterocycles. The van der Waals surface area contributed by atoms with Gasteiger partial charge in [-0.25, -0.2) is 0 Å². The average Bonchev–Trinajstić information content (AvgIpc) is 3.04. The van der Waals surface area contributed by atoms with Crippen molar-refractivity contribution in [2.75, 3.05) is 11.9 Å². The molecule has 0 fully saturated rings. The Morgan fingerprint density at radius 3 is 2.57 bits per heavy atom. The number of ether oxygens (including phenoxy) is 1. The Morgan fingerprint density at radius 2 is 1.83 bits per heavy atom.